The van der Waals surface area contributed by atoms with Crippen molar-refractivity contribution in [3.05, 3.63) is 51.5 Å². The van der Waals surface area contributed by atoms with Crippen molar-refractivity contribution >= 4 is 11.0 Å². The van der Waals surface area contributed by atoms with E-state index < -0.39 is 11.9 Å². The van der Waals surface area contributed by atoms with Gasteiger partial charge in [-0.1, -0.05) is 19.4 Å². The van der Waals surface area contributed by atoms with Crippen molar-refractivity contribution in [1.29, 1.82) is 0 Å². The van der Waals surface area contributed by atoms with Gasteiger partial charge in [-0.15, -0.1) is 0 Å². The Kier molecular flexibility index (Phi) is 4.47. The monoisotopic (exact) mass is 391 g/mol. The number of aryl methyl sites for hydroxylation is 1. The number of halogens is 3. The Morgan fingerprint density at radius 2 is 2.07 bits per heavy atom. The molecule has 28 heavy (non-hydrogen) atoms. The van der Waals surface area contributed by atoms with Crippen LogP contribution < -0.4 is 5.56 Å². The van der Waals surface area contributed by atoms with Crippen LogP contribution >= 0.6 is 0 Å². The van der Waals surface area contributed by atoms with Gasteiger partial charge in [-0.25, -0.2) is 9.67 Å². The number of aromatic nitrogens is 5. The van der Waals surface area contributed by atoms with Crippen LogP contribution in [0.3, 0.4) is 0 Å². The molecule has 0 aliphatic heterocycles. The molecule has 0 spiro atoms. The molecule has 148 valence electrons. The third-order valence-electron chi connectivity index (χ3n) is 5.34. The average Bonchev–Trinajstić information content (AvgIpc) is 2.93. The number of pyridine rings is 1. The van der Waals surface area contributed by atoms with Gasteiger partial charge in [-0.3, -0.25) is 9.78 Å². The maximum absolute atomic E-state index is 12.8. The number of nitrogens with one attached hydrogen (secondary N) is 1. The standard InChI is InChI=1S/C19H20F3N5O/c1-3-13(12-7-8-14(23-9-12)19(20,21)22)27-17-15(18(28)25-10(2)24-17)16(26-27)11-5-4-6-11/h7-9,11,13H,3-6H2,1-2H3,(H,24,25,28). The molecule has 0 amide bonds. The third-order valence-corrected chi connectivity index (χ3v) is 5.34. The van der Waals surface area contributed by atoms with E-state index in [-0.39, 0.29) is 17.5 Å². The number of alkyl halides is 3. The van der Waals surface area contributed by atoms with E-state index in [1.807, 2.05) is 6.92 Å². The van der Waals surface area contributed by atoms with Gasteiger partial charge in [0, 0.05) is 12.1 Å². The molecule has 1 aliphatic carbocycles. The number of aromatic amines is 1. The number of nitrogens with zero attached hydrogens (tertiary/aromatic N) is 4. The lowest BCUT2D eigenvalue weighted by Gasteiger charge is -2.23. The normalized spacial score (nSPS) is 16.3. The smallest absolute Gasteiger partial charge is 0.310 e. The number of rotatable bonds is 4. The molecule has 6 nitrogen and oxygen atoms in total. The molecule has 3 aromatic rings. The fourth-order valence-corrected chi connectivity index (χ4v) is 3.69. The topological polar surface area (TPSA) is 76.5 Å². The summed E-state index contributed by atoms with van der Waals surface area (Å²) in [5.74, 6) is 0.691. The molecule has 0 aromatic carbocycles. The highest BCUT2D eigenvalue weighted by Crippen LogP contribution is 2.39. The maximum Gasteiger partial charge on any atom is 0.433 e. The highest BCUT2D eigenvalue weighted by Gasteiger charge is 2.33. The van der Waals surface area contributed by atoms with Crippen LogP contribution in [0.4, 0.5) is 13.2 Å². The van der Waals surface area contributed by atoms with Crippen molar-refractivity contribution in [3.8, 4) is 0 Å². The van der Waals surface area contributed by atoms with Gasteiger partial charge in [0.1, 0.15) is 16.9 Å². The van der Waals surface area contributed by atoms with Crippen molar-refractivity contribution in [2.45, 2.75) is 57.7 Å². The third kappa shape index (κ3) is 3.08. The fraction of sp³-hybridized carbons (Fsp3) is 0.474. The van der Waals surface area contributed by atoms with Gasteiger partial charge in [0.2, 0.25) is 0 Å². The zero-order chi connectivity index (χ0) is 20.1. The first kappa shape index (κ1) is 18.6. The molecule has 1 aliphatic rings. The molecule has 0 radical (unpaired) electrons. The Labute approximate surface area is 158 Å². The molecule has 1 fully saturated rings. The summed E-state index contributed by atoms with van der Waals surface area (Å²) in [6, 6.07) is 2.03. The molecule has 1 N–H and O–H groups in total. The van der Waals surface area contributed by atoms with E-state index in [0.717, 1.165) is 31.0 Å². The van der Waals surface area contributed by atoms with Gasteiger partial charge in [-0.2, -0.15) is 18.3 Å². The van der Waals surface area contributed by atoms with Gasteiger partial charge in [0.05, 0.1) is 11.7 Å². The minimum Gasteiger partial charge on any atom is -0.310 e. The second-order valence-corrected chi connectivity index (χ2v) is 7.21. The Morgan fingerprint density at radius 1 is 1.32 bits per heavy atom. The van der Waals surface area contributed by atoms with Crippen LogP contribution in [0.5, 0.6) is 0 Å². The molecule has 1 atom stereocenters. The SMILES string of the molecule is CCC(c1ccc(C(F)(F)F)nc1)n1nc(C2CCC2)c2c(=O)[nH]c(C)nc21. The van der Waals surface area contributed by atoms with E-state index in [4.69, 9.17) is 5.10 Å². The number of hydrogen-bond donors (Lipinski definition) is 1. The van der Waals surface area contributed by atoms with Crippen LogP contribution in [0, 0.1) is 6.92 Å². The van der Waals surface area contributed by atoms with E-state index in [2.05, 4.69) is 15.0 Å². The van der Waals surface area contributed by atoms with Crippen molar-refractivity contribution in [2.24, 2.45) is 0 Å². The largest absolute Gasteiger partial charge is 0.433 e. The zero-order valence-corrected chi connectivity index (χ0v) is 15.5. The molecule has 0 bridgehead atoms. The Hall–Kier alpha value is -2.71. The summed E-state index contributed by atoms with van der Waals surface area (Å²) in [5, 5.41) is 5.20. The van der Waals surface area contributed by atoms with E-state index in [1.54, 1.807) is 11.6 Å². The lowest BCUT2D eigenvalue weighted by molar-refractivity contribution is -0.141. The van der Waals surface area contributed by atoms with Crippen LogP contribution in [0.1, 0.15) is 67.3 Å². The first-order valence-electron chi connectivity index (χ1n) is 9.31. The van der Waals surface area contributed by atoms with Crippen molar-refractivity contribution in [3.63, 3.8) is 0 Å². The number of fused-ring (bicyclic) bond motifs is 1. The molecular formula is C19H20F3N5O. The minimum atomic E-state index is -4.48. The van der Waals surface area contributed by atoms with Gasteiger partial charge in [0.15, 0.2) is 5.65 Å². The predicted octanol–water partition coefficient (Wildman–Crippen LogP) is 4.11. The molecule has 1 saturated carbocycles. The highest BCUT2D eigenvalue weighted by molar-refractivity contribution is 5.78. The molecule has 3 heterocycles. The van der Waals surface area contributed by atoms with Crippen LogP contribution in [-0.2, 0) is 6.18 Å². The van der Waals surface area contributed by atoms with Crippen molar-refractivity contribution in [1.82, 2.24) is 24.7 Å². The number of hydrogen-bond acceptors (Lipinski definition) is 4. The molecule has 4 rings (SSSR count). The fourth-order valence-electron chi connectivity index (χ4n) is 3.69. The van der Waals surface area contributed by atoms with Crippen LogP contribution in [-0.4, -0.2) is 24.7 Å². The van der Waals surface area contributed by atoms with Gasteiger partial charge >= 0.3 is 6.18 Å². The van der Waals surface area contributed by atoms with E-state index in [9.17, 15) is 18.0 Å². The van der Waals surface area contributed by atoms with Crippen molar-refractivity contribution < 1.29 is 13.2 Å². The molecule has 1 unspecified atom stereocenters. The van der Waals surface area contributed by atoms with E-state index >= 15 is 0 Å². The lowest BCUT2D eigenvalue weighted by Crippen LogP contribution is -2.16. The Morgan fingerprint density at radius 3 is 2.61 bits per heavy atom. The highest BCUT2D eigenvalue weighted by atomic mass is 19.4. The Balaban J connectivity index is 1.85. The average molecular weight is 391 g/mol. The second kappa shape index (κ2) is 6.72. The summed E-state index contributed by atoms with van der Waals surface area (Å²) in [6.45, 7) is 3.61. The van der Waals surface area contributed by atoms with E-state index in [0.29, 0.717) is 28.8 Å². The van der Waals surface area contributed by atoms with Gasteiger partial charge in [0.25, 0.3) is 5.56 Å². The van der Waals surface area contributed by atoms with Crippen LogP contribution in [0.2, 0.25) is 0 Å². The number of H-pyrrole nitrogens is 1. The summed E-state index contributed by atoms with van der Waals surface area (Å²) in [7, 11) is 0. The summed E-state index contributed by atoms with van der Waals surface area (Å²) < 4.78 is 40.2. The minimum absolute atomic E-state index is 0.220. The Bertz CT molecular complexity index is 1060. The maximum atomic E-state index is 12.8. The van der Waals surface area contributed by atoms with Gasteiger partial charge in [-0.05, 0) is 37.8 Å². The van der Waals surface area contributed by atoms with Gasteiger partial charge < -0.3 is 4.98 Å². The quantitative estimate of drug-likeness (QED) is 0.726. The summed E-state index contributed by atoms with van der Waals surface area (Å²) in [6.07, 6.45) is 0.351. The second-order valence-electron chi connectivity index (χ2n) is 7.21. The summed E-state index contributed by atoms with van der Waals surface area (Å²) in [5.41, 5.74) is 0.635. The molecular weight excluding hydrogens is 371 g/mol. The summed E-state index contributed by atoms with van der Waals surface area (Å²) in [4.78, 5) is 23.4. The predicted molar refractivity (Wildman–Crippen MR) is 97.1 cm³/mol. The van der Waals surface area contributed by atoms with Crippen LogP contribution in [0.25, 0.3) is 11.0 Å². The van der Waals surface area contributed by atoms with Crippen LogP contribution in [0.15, 0.2) is 23.1 Å². The lowest BCUT2D eigenvalue weighted by atomic mass is 9.82. The van der Waals surface area contributed by atoms with Crippen molar-refractivity contribution in [2.75, 3.05) is 0 Å². The first-order chi connectivity index (χ1) is 13.3. The molecule has 9 heteroatoms. The molecule has 3 aromatic heterocycles. The molecule has 0 saturated heterocycles. The zero-order valence-electron chi connectivity index (χ0n) is 15.5. The first-order valence-corrected chi connectivity index (χ1v) is 9.31. The summed E-state index contributed by atoms with van der Waals surface area (Å²) >= 11 is 0. The van der Waals surface area contributed by atoms with E-state index in [1.165, 1.54) is 12.3 Å².